The number of anilines is 1. The van der Waals surface area contributed by atoms with E-state index in [1.165, 1.54) is 6.42 Å². The SMILES string of the molecule is Cc1cc(NOC(=O)N2CCCCC2)n2ncc(C(C)C)c2n1. The van der Waals surface area contributed by atoms with E-state index in [4.69, 9.17) is 4.84 Å². The predicted octanol–water partition coefficient (Wildman–Crippen LogP) is 3.11. The van der Waals surface area contributed by atoms with Crippen molar-refractivity contribution in [1.29, 1.82) is 0 Å². The maximum absolute atomic E-state index is 12.1. The minimum atomic E-state index is -0.344. The summed E-state index contributed by atoms with van der Waals surface area (Å²) in [5.41, 5.74) is 5.45. The quantitative estimate of drug-likeness (QED) is 0.881. The number of nitrogens with zero attached hydrogens (tertiary/aromatic N) is 4. The van der Waals surface area contributed by atoms with Gasteiger partial charge in [0.2, 0.25) is 0 Å². The summed E-state index contributed by atoms with van der Waals surface area (Å²) < 4.78 is 1.67. The van der Waals surface area contributed by atoms with Crippen molar-refractivity contribution < 1.29 is 9.63 Å². The van der Waals surface area contributed by atoms with E-state index in [-0.39, 0.29) is 6.09 Å². The van der Waals surface area contributed by atoms with E-state index in [0.717, 1.165) is 42.8 Å². The average Bonchev–Trinajstić information content (AvgIpc) is 2.97. The Morgan fingerprint density at radius 2 is 2.04 bits per heavy atom. The summed E-state index contributed by atoms with van der Waals surface area (Å²) in [6.07, 6.45) is 4.70. The monoisotopic (exact) mass is 317 g/mol. The van der Waals surface area contributed by atoms with Crippen molar-refractivity contribution in [2.24, 2.45) is 0 Å². The van der Waals surface area contributed by atoms with Crippen molar-refractivity contribution in [3.8, 4) is 0 Å². The molecule has 0 aliphatic carbocycles. The van der Waals surface area contributed by atoms with Crippen LogP contribution in [0.15, 0.2) is 12.3 Å². The Morgan fingerprint density at radius 1 is 1.30 bits per heavy atom. The summed E-state index contributed by atoms with van der Waals surface area (Å²) in [6, 6.07) is 1.81. The molecule has 7 nitrogen and oxygen atoms in total. The maximum Gasteiger partial charge on any atom is 0.434 e. The molecule has 1 amide bonds. The van der Waals surface area contributed by atoms with Gasteiger partial charge in [-0.05, 0) is 32.1 Å². The highest BCUT2D eigenvalue weighted by molar-refractivity contribution is 5.69. The molecule has 1 aliphatic heterocycles. The molecule has 0 aromatic carbocycles. The topological polar surface area (TPSA) is 71.8 Å². The van der Waals surface area contributed by atoms with Crippen LogP contribution in [0.2, 0.25) is 0 Å². The molecule has 0 atom stereocenters. The highest BCUT2D eigenvalue weighted by atomic mass is 16.7. The van der Waals surface area contributed by atoms with Crippen LogP contribution in [0.3, 0.4) is 0 Å². The van der Waals surface area contributed by atoms with Gasteiger partial charge in [-0.1, -0.05) is 13.8 Å². The predicted molar refractivity (Wildman–Crippen MR) is 87.3 cm³/mol. The van der Waals surface area contributed by atoms with Gasteiger partial charge in [-0.15, -0.1) is 0 Å². The highest BCUT2D eigenvalue weighted by Crippen LogP contribution is 2.22. The number of aromatic nitrogens is 3. The third kappa shape index (κ3) is 3.23. The number of carbonyl (C=O) groups is 1. The van der Waals surface area contributed by atoms with Gasteiger partial charge in [0.15, 0.2) is 11.5 Å². The molecular formula is C16H23N5O2. The molecule has 1 fully saturated rings. The lowest BCUT2D eigenvalue weighted by atomic mass is 10.1. The van der Waals surface area contributed by atoms with E-state index in [9.17, 15) is 4.79 Å². The van der Waals surface area contributed by atoms with Crippen LogP contribution in [0, 0.1) is 6.92 Å². The van der Waals surface area contributed by atoms with E-state index in [1.807, 2.05) is 19.2 Å². The number of carbonyl (C=O) groups excluding carboxylic acids is 1. The van der Waals surface area contributed by atoms with Gasteiger partial charge in [-0.25, -0.2) is 9.78 Å². The van der Waals surface area contributed by atoms with Crippen LogP contribution in [-0.2, 0) is 4.84 Å². The number of hydrogen-bond acceptors (Lipinski definition) is 5. The molecule has 1 aliphatic rings. The van der Waals surface area contributed by atoms with Crippen molar-refractivity contribution in [2.45, 2.75) is 46.0 Å². The maximum atomic E-state index is 12.1. The summed E-state index contributed by atoms with van der Waals surface area (Å²) in [4.78, 5) is 23.6. The van der Waals surface area contributed by atoms with Gasteiger partial charge in [-0.3, -0.25) is 0 Å². The summed E-state index contributed by atoms with van der Waals surface area (Å²) in [5, 5.41) is 4.36. The fourth-order valence-electron chi connectivity index (χ4n) is 2.82. The fraction of sp³-hybridized carbons (Fsp3) is 0.562. The molecule has 7 heteroatoms. The molecule has 23 heavy (non-hydrogen) atoms. The van der Waals surface area contributed by atoms with Crippen molar-refractivity contribution in [2.75, 3.05) is 18.6 Å². The molecule has 1 saturated heterocycles. The molecule has 0 radical (unpaired) electrons. The fourth-order valence-corrected chi connectivity index (χ4v) is 2.82. The lowest BCUT2D eigenvalue weighted by Crippen LogP contribution is -2.37. The van der Waals surface area contributed by atoms with Crippen molar-refractivity contribution >= 4 is 17.6 Å². The lowest BCUT2D eigenvalue weighted by Gasteiger charge is -2.25. The van der Waals surface area contributed by atoms with Gasteiger partial charge in [-0.2, -0.15) is 15.1 Å². The van der Waals surface area contributed by atoms with Gasteiger partial charge >= 0.3 is 6.09 Å². The van der Waals surface area contributed by atoms with Crippen LogP contribution in [0.1, 0.15) is 50.3 Å². The number of likely N-dealkylation sites (tertiary alicyclic amines) is 1. The number of fused-ring (bicyclic) bond motifs is 1. The number of nitrogens with one attached hydrogen (secondary N) is 1. The van der Waals surface area contributed by atoms with E-state index in [2.05, 4.69) is 29.4 Å². The van der Waals surface area contributed by atoms with E-state index >= 15 is 0 Å². The zero-order valence-electron chi connectivity index (χ0n) is 13.9. The Labute approximate surface area is 135 Å². The van der Waals surface area contributed by atoms with Crippen LogP contribution < -0.4 is 5.48 Å². The molecule has 2 aromatic heterocycles. The lowest BCUT2D eigenvalue weighted by molar-refractivity contribution is 0.114. The highest BCUT2D eigenvalue weighted by Gasteiger charge is 2.19. The van der Waals surface area contributed by atoms with Crippen LogP contribution in [0.5, 0.6) is 0 Å². The van der Waals surface area contributed by atoms with Gasteiger partial charge < -0.3 is 9.74 Å². The Bertz CT molecular complexity index is 704. The standard InChI is InChI=1S/C16H23N5O2/c1-11(2)13-10-17-21-14(9-12(3)18-15(13)21)19-23-16(22)20-7-5-4-6-8-20/h9-11,19H,4-8H2,1-3H3. The second kappa shape index (κ2) is 6.44. The molecule has 0 spiro atoms. The second-order valence-electron chi connectivity index (χ2n) is 6.29. The first-order chi connectivity index (χ1) is 11.1. The molecule has 3 heterocycles. The minimum absolute atomic E-state index is 0.325. The second-order valence-corrected chi connectivity index (χ2v) is 6.29. The Kier molecular flexibility index (Phi) is 4.36. The largest absolute Gasteiger partial charge is 0.434 e. The molecule has 1 N–H and O–H groups in total. The first-order valence-corrected chi connectivity index (χ1v) is 8.13. The Morgan fingerprint density at radius 3 is 2.74 bits per heavy atom. The Hall–Kier alpha value is -2.31. The van der Waals surface area contributed by atoms with Crippen LogP contribution in [-0.4, -0.2) is 38.7 Å². The zero-order chi connectivity index (χ0) is 16.4. The summed E-state index contributed by atoms with van der Waals surface area (Å²) in [5.74, 6) is 0.926. The smallest absolute Gasteiger partial charge is 0.323 e. The van der Waals surface area contributed by atoms with Gasteiger partial charge in [0.05, 0.1) is 6.20 Å². The summed E-state index contributed by atoms with van der Waals surface area (Å²) in [7, 11) is 0. The summed E-state index contributed by atoms with van der Waals surface area (Å²) in [6.45, 7) is 7.62. The van der Waals surface area contributed by atoms with E-state index < -0.39 is 0 Å². The van der Waals surface area contributed by atoms with Gasteiger partial charge in [0, 0.05) is 30.4 Å². The van der Waals surface area contributed by atoms with Crippen LogP contribution >= 0.6 is 0 Å². The zero-order valence-corrected chi connectivity index (χ0v) is 13.9. The molecule has 0 saturated carbocycles. The third-order valence-corrected chi connectivity index (χ3v) is 4.11. The number of hydrogen-bond donors (Lipinski definition) is 1. The van der Waals surface area contributed by atoms with E-state index in [1.54, 1.807) is 9.42 Å². The van der Waals surface area contributed by atoms with Crippen LogP contribution in [0.25, 0.3) is 5.65 Å². The molecular weight excluding hydrogens is 294 g/mol. The first kappa shape index (κ1) is 15.6. The van der Waals surface area contributed by atoms with Crippen LogP contribution in [0.4, 0.5) is 10.6 Å². The number of piperidine rings is 1. The average molecular weight is 317 g/mol. The Balaban J connectivity index is 1.78. The van der Waals surface area contributed by atoms with Gasteiger partial charge in [0.1, 0.15) is 0 Å². The van der Waals surface area contributed by atoms with Crippen molar-refractivity contribution in [3.63, 3.8) is 0 Å². The number of amides is 1. The molecule has 0 bridgehead atoms. The molecule has 124 valence electrons. The minimum Gasteiger partial charge on any atom is -0.323 e. The molecule has 3 rings (SSSR count). The summed E-state index contributed by atoms with van der Waals surface area (Å²) >= 11 is 0. The first-order valence-electron chi connectivity index (χ1n) is 8.13. The number of aryl methyl sites for hydroxylation is 1. The van der Waals surface area contributed by atoms with Crippen molar-refractivity contribution in [3.05, 3.63) is 23.5 Å². The van der Waals surface area contributed by atoms with E-state index in [0.29, 0.717) is 11.7 Å². The molecule has 2 aromatic rings. The molecule has 0 unspecified atom stereocenters. The normalized spacial score (nSPS) is 15.2. The van der Waals surface area contributed by atoms with Crippen molar-refractivity contribution in [1.82, 2.24) is 19.5 Å². The van der Waals surface area contributed by atoms with Gasteiger partial charge in [0.25, 0.3) is 0 Å². The number of rotatable bonds is 3. The third-order valence-electron chi connectivity index (χ3n) is 4.11.